The van der Waals surface area contributed by atoms with Gasteiger partial charge >= 0.3 is 0 Å². The lowest BCUT2D eigenvalue weighted by molar-refractivity contribution is 0.102. The van der Waals surface area contributed by atoms with Gasteiger partial charge in [-0.3, -0.25) is 4.79 Å². The highest BCUT2D eigenvalue weighted by molar-refractivity contribution is 9.10. The number of hydrogen-bond donors (Lipinski definition) is 1. The van der Waals surface area contributed by atoms with Crippen molar-refractivity contribution in [1.82, 2.24) is 9.78 Å². The number of aromatic nitrogens is 2. The summed E-state index contributed by atoms with van der Waals surface area (Å²) in [6.45, 7) is 4.09. The summed E-state index contributed by atoms with van der Waals surface area (Å²) in [7, 11) is 0. The van der Waals surface area contributed by atoms with Gasteiger partial charge in [-0.2, -0.15) is 5.10 Å². The first-order valence-electron chi connectivity index (χ1n) is 9.31. The Morgan fingerprint density at radius 3 is 2.41 bits per heavy atom. The minimum Gasteiger partial charge on any atom is -0.321 e. The van der Waals surface area contributed by atoms with E-state index in [1.165, 1.54) is 5.56 Å². The van der Waals surface area contributed by atoms with Crippen molar-refractivity contribution in [2.45, 2.75) is 13.8 Å². The van der Waals surface area contributed by atoms with Crippen LogP contribution in [0.1, 0.15) is 21.6 Å². The molecule has 0 saturated heterocycles. The molecule has 1 N–H and O–H groups in total. The quantitative estimate of drug-likeness (QED) is 0.408. The fourth-order valence-electron chi connectivity index (χ4n) is 3.17. The van der Waals surface area contributed by atoms with Gasteiger partial charge in [0.15, 0.2) is 5.69 Å². The molecule has 0 unspecified atom stereocenters. The van der Waals surface area contributed by atoms with E-state index in [0.717, 1.165) is 27.0 Å². The highest BCUT2D eigenvalue weighted by Crippen LogP contribution is 2.26. The minimum atomic E-state index is -0.246. The number of halogens is 1. The molecule has 0 aliphatic heterocycles. The fourth-order valence-corrected chi connectivity index (χ4v) is 3.57. The lowest BCUT2D eigenvalue weighted by Crippen LogP contribution is -2.13. The third kappa shape index (κ3) is 4.15. The number of amides is 1. The molecule has 0 fully saturated rings. The Labute approximate surface area is 178 Å². The van der Waals surface area contributed by atoms with E-state index >= 15 is 0 Å². The summed E-state index contributed by atoms with van der Waals surface area (Å²) in [4.78, 5) is 12.9. The molecule has 0 saturated carbocycles. The number of rotatable bonds is 4. The molecule has 4 rings (SSSR count). The highest BCUT2D eigenvalue weighted by atomic mass is 79.9. The fraction of sp³-hybridized carbons (Fsp3) is 0.0833. The summed E-state index contributed by atoms with van der Waals surface area (Å²) in [6.07, 6.45) is 0. The number of carbonyl (C=O) groups excluding carboxylic acids is 1. The Morgan fingerprint density at radius 1 is 0.931 bits per heavy atom. The van der Waals surface area contributed by atoms with Crippen LogP contribution < -0.4 is 5.32 Å². The molecular weight excluding hydrogens is 426 g/mol. The number of aryl methyl sites for hydroxylation is 2. The van der Waals surface area contributed by atoms with Gasteiger partial charge < -0.3 is 5.32 Å². The van der Waals surface area contributed by atoms with Gasteiger partial charge in [-0.25, -0.2) is 4.68 Å². The van der Waals surface area contributed by atoms with E-state index < -0.39 is 0 Å². The molecule has 0 bridgehead atoms. The summed E-state index contributed by atoms with van der Waals surface area (Å²) in [5.41, 5.74) is 6.18. The summed E-state index contributed by atoms with van der Waals surface area (Å²) in [5.74, 6) is -0.246. The predicted molar refractivity (Wildman–Crippen MR) is 121 cm³/mol. The Bertz CT molecular complexity index is 1180. The van der Waals surface area contributed by atoms with E-state index in [9.17, 15) is 4.79 Å². The Kier molecular flexibility index (Phi) is 5.32. The smallest absolute Gasteiger partial charge is 0.276 e. The average molecular weight is 446 g/mol. The molecule has 1 aromatic heterocycles. The van der Waals surface area contributed by atoms with Gasteiger partial charge in [-0.1, -0.05) is 70.0 Å². The summed E-state index contributed by atoms with van der Waals surface area (Å²) in [5, 5.41) is 7.57. The molecule has 1 amide bonds. The summed E-state index contributed by atoms with van der Waals surface area (Å²) in [6, 6.07) is 25.6. The van der Waals surface area contributed by atoms with Crippen LogP contribution in [0.25, 0.3) is 16.9 Å². The Hall–Kier alpha value is -3.18. The first-order chi connectivity index (χ1) is 14.0. The van der Waals surface area contributed by atoms with Crippen molar-refractivity contribution < 1.29 is 4.79 Å². The van der Waals surface area contributed by atoms with Crippen LogP contribution in [-0.2, 0) is 0 Å². The number of hydrogen-bond acceptors (Lipinski definition) is 2. The standard InChI is InChI=1S/C24H20BrN3O/c1-16-10-12-18(13-11-16)23-15-21(24(29)26-20-8-5-7-19(25)14-20)27-28(23)22-9-4-3-6-17(22)2/h3-15H,1-2H3,(H,26,29). The van der Waals surface area contributed by atoms with E-state index in [-0.39, 0.29) is 5.91 Å². The van der Waals surface area contributed by atoms with Crippen LogP contribution in [0, 0.1) is 13.8 Å². The predicted octanol–water partition coefficient (Wildman–Crippen LogP) is 6.17. The van der Waals surface area contributed by atoms with Gasteiger partial charge in [0.25, 0.3) is 5.91 Å². The van der Waals surface area contributed by atoms with Crippen LogP contribution in [0.3, 0.4) is 0 Å². The lowest BCUT2D eigenvalue weighted by atomic mass is 10.1. The monoisotopic (exact) mass is 445 g/mol. The summed E-state index contributed by atoms with van der Waals surface area (Å²) < 4.78 is 2.75. The minimum absolute atomic E-state index is 0.246. The van der Waals surface area contributed by atoms with Gasteiger partial charge in [0.2, 0.25) is 0 Å². The Balaban J connectivity index is 1.78. The van der Waals surface area contributed by atoms with E-state index in [1.807, 2.05) is 66.2 Å². The zero-order valence-electron chi connectivity index (χ0n) is 16.2. The second kappa shape index (κ2) is 8.05. The first-order valence-corrected chi connectivity index (χ1v) is 10.1. The number of nitrogens with zero attached hydrogens (tertiary/aromatic N) is 2. The molecule has 0 aliphatic carbocycles. The summed E-state index contributed by atoms with van der Waals surface area (Å²) >= 11 is 3.43. The molecule has 3 aromatic carbocycles. The van der Waals surface area contributed by atoms with Crippen molar-refractivity contribution in [1.29, 1.82) is 0 Å². The Morgan fingerprint density at radius 2 is 1.69 bits per heavy atom. The second-order valence-corrected chi connectivity index (χ2v) is 7.86. The SMILES string of the molecule is Cc1ccc(-c2cc(C(=O)Nc3cccc(Br)c3)nn2-c2ccccc2C)cc1. The van der Waals surface area contributed by atoms with Crippen molar-refractivity contribution in [3.8, 4) is 16.9 Å². The molecule has 4 nitrogen and oxygen atoms in total. The molecule has 1 heterocycles. The normalized spacial score (nSPS) is 10.7. The number of anilines is 1. The molecule has 0 aliphatic rings. The van der Waals surface area contributed by atoms with Crippen LogP contribution >= 0.6 is 15.9 Å². The van der Waals surface area contributed by atoms with Crippen molar-refractivity contribution in [2.75, 3.05) is 5.32 Å². The number of para-hydroxylation sites is 1. The number of nitrogens with one attached hydrogen (secondary N) is 1. The van der Waals surface area contributed by atoms with Gasteiger partial charge in [-0.15, -0.1) is 0 Å². The second-order valence-electron chi connectivity index (χ2n) is 6.94. The van der Waals surface area contributed by atoms with Gasteiger partial charge in [0, 0.05) is 15.7 Å². The van der Waals surface area contributed by atoms with Crippen LogP contribution in [0.5, 0.6) is 0 Å². The van der Waals surface area contributed by atoms with E-state index in [4.69, 9.17) is 0 Å². The van der Waals surface area contributed by atoms with Crippen LogP contribution in [0.2, 0.25) is 0 Å². The van der Waals surface area contributed by atoms with Crippen molar-refractivity contribution in [3.63, 3.8) is 0 Å². The third-order valence-corrected chi connectivity index (χ3v) is 5.21. The topological polar surface area (TPSA) is 46.9 Å². The van der Waals surface area contributed by atoms with Crippen LogP contribution in [0.4, 0.5) is 5.69 Å². The molecule has 144 valence electrons. The number of benzene rings is 3. The zero-order chi connectivity index (χ0) is 20.4. The largest absolute Gasteiger partial charge is 0.321 e. The third-order valence-electron chi connectivity index (χ3n) is 4.72. The zero-order valence-corrected chi connectivity index (χ0v) is 17.8. The molecular formula is C24H20BrN3O. The van der Waals surface area contributed by atoms with Crippen molar-refractivity contribution in [3.05, 3.63) is 100 Å². The maximum Gasteiger partial charge on any atom is 0.276 e. The van der Waals surface area contributed by atoms with E-state index in [0.29, 0.717) is 11.4 Å². The molecule has 4 aromatic rings. The van der Waals surface area contributed by atoms with Crippen LogP contribution in [0.15, 0.2) is 83.3 Å². The first kappa shape index (κ1) is 19.2. The number of carbonyl (C=O) groups is 1. The molecule has 0 radical (unpaired) electrons. The van der Waals surface area contributed by atoms with Gasteiger partial charge in [0.05, 0.1) is 11.4 Å². The average Bonchev–Trinajstić information content (AvgIpc) is 3.14. The molecule has 5 heteroatoms. The van der Waals surface area contributed by atoms with E-state index in [1.54, 1.807) is 0 Å². The van der Waals surface area contributed by atoms with Crippen molar-refractivity contribution >= 4 is 27.5 Å². The molecule has 29 heavy (non-hydrogen) atoms. The molecule has 0 spiro atoms. The van der Waals surface area contributed by atoms with E-state index in [2.05, 4.69) is 57.5 Å². The lowest BCUT2D eigenvalue weighted by Gasteiger charge is -2.10. The highest BCUT2D eigenvalue weighted by Gasteiger charge is 2.18. The maximum atomic E-state index is 12.9. The van der Waals surface area contributed by atoms with Crippen molar-refractivity contribution in [2.24, 2.45) is 0 Å². The van der Waals surface area contributed by atoms with Crippen LogP contribution in [-0.4, -0.2) is 15.7 Å². The maximum absolute atomic E-state index is 12.9. The van der Waals surface area contributed by atoms with Gasteiger partial charge in [-0.05, 0) is 49.7 Å². The molecule has 0 atom stereocenters. The van der Waals surface area contributed by atoms with Gasteiger partial charge in [0.1, 0.15) is 0 Å².